The third kappa shape index (κ3) is 4.39. The van der Waals surface area contributed by atoms with E-state index in [1.54, 1.807) is 0 Å². The number of carbonyl (C=O) groups excluding carboxylic acids is 1. The highest BCUT2D eigenvalue weighted by atomic mass is 79.9. The Morgan fingerprint density at radius 2 is 2.06 bits per heavy atom. The molecule has 0 saturated heterocycles. The molecule has 0 aliphatic rings. The van der Waals surface area contributed by atoms with E-state index >= 15 is 0 Å². The predicted molar refractivity (Wildman–Crippen MR) is 83.5 cm³/mol. The van der Waals surface area contributed by atoms with Crippen LogP contribution in [0.2, 0.25) is 0 Å². The minimum Gasteiger partial charge on any atom is -0.338 e. The van der Waals surface area contributed by atoms with E-state index in [9.17, 15) is 4.79 Å². The minimum absolute atomic E-state index is 0.124. The number of aryl methyl sites for hydroxylation is 1. The number of benzene rings is 1. The van der Waals surface area contributed by atoms with Crippen molar-refractivity contribution >= 4 is 37.8 Å². The van der Waals surface area contributed by atoms with Crippen molar-refractivity contribution in [3.8, 4) is 0 Å². The summed E-state index contributed by atoms with van der Waals surface area (Å²) in [4.78, 5) is 14.3. The summed E-state index contributed by atoms with van der Waals surface area (Å²) in [5, 5.41) is 0.817. The number of nitrogens with zero attached hydrogens (tertiary/aromatic N) is 1. The number of unbranched alkanes of at least 4 members (excludes halogenated alkanes) is 1. The number of hydrogen-bond acceptors (Lipinski definition) is 1. The third-order valence-corrected chi connectivity index (χ3v) is 4.07. The number of alkyl halides is 1. The topological polar surface area (TPSA) is 20.3 Å². The summed E-state index contributed by atoms with van der Waals surface area (Å²) in [6.45, 7) is 5.73. The van der Waals surface area contributed by atoms with Crippen molar-refractivity contribution in [2.75, 3.05) is 18.4 Å². The molecule has 0 atom stereocenters. The molecular weight excluding hydrogens is 358 g/mol. The molecule has 0 saturated carbocycles. The lowest BCUT2D eigenvalue weighted by atomic mass is 10.1. The molecule has 0 aliphatic carbocycles. The van der Waals surface area contributed by atoms with E-state index in [4.69, 9.17) is 0 Å². The van der Waals surface area contributed by atoms with Gasteiger partial charge in [0.25, 0.3) is 5.91 Å². The zero-order valence-corrected chi connectivity index (χ0v) is 14.1. The van der Waals surface area contributed by atoms with Gasteiger partial charge >= 0.3 is 0 Å². The van der Waals surface area contributed by atoms with Crippen molar-refractivity contribution in [3.05, 3.63) is 33.8 Å². The average Bonchev–Trinajstić information content (AvgIpc) is 2.37. The van der Waals surface area contributed by atoms with Crippen LogP contribution >= 0.6 is 31.9 Å². The maximum absolute atomic E-state index is 12.4. The number of halogens is 2. The van der Waals surface area contributed by atoms with Gasteiger partial charge in [0, 0.05) is 28.5 Å². The fourth-order valence-corrected chi connectivity index (χ4v) is 2.40. The Morgan fingerprint density at radius 3 is 2.61 bits per heavy atom. The van der Waals surface area contributed by atoms with Gasteiger partial charge in [0.2, 0.25) is 0 Å². The van der Waals surface area contributed by atoms with Gasteiger partial charge in [-0.25, -0.2) is 0 Å². The van der Waals surface area contributed by atoms with E-state index in [1.807, 2.05) is 30.0 Å². The predicted octanol–water partition coefficient (Wildman–Crippen LogP) is 4.39. The Balaban J connectivity index is 2.83. The van der Waals surface area contributed by atoms with Crippen LogP contribution in [-0.4, -0.2) is 29.2 Å². The summed E-state index contributed by atoms with van der Waals surface area (Å²) in [7, 11) is 0. The maximum Gasteiger partial charge on any atom is 0.253 e. The number of amides is 1. The molecular formula is C14H19Br2NO. The molecule has 4 heteroatoms. The molecule has 0 aliphatic heterocycles. The summed E-state index contributed by atoms with van der Waals surface area (Å²) in [6.07, 6.45) is 2.15. The van der Waals surface area contributed by atoms with Crippen LogP contribution in [0.1, 0.15) is 35.7 Å². The van der Waals surface area contributed by atoms with Crippen molar-refractivity contribution in [2.45, 2.75) is 26.7 Å². The second kappa shape index (κ2) is 7.95. The molecule has 1 rings (SSSR count). The number of carbonyl (C=O) groups is 1. The zero-order valence-electron chi connectivity index (χ0n) is 10.9. The molecule has 1 amide bonds. The Hall–Kier alpha value is -0.350. The van der Waals surface area contributed by atoms with Gasteiger partial charge in [0.1, 0.15) is 0 Å². The number of rotatable bonds is 6. The first kappa shape index (κ1) is 15.7. The van der Waals surface area contributed by atoms with Gasteiger partial charge in [0.05, 0.1) is 0 Å². The first-order valence-electron chi connectivity index (χ1n) is 6.21. The molecule has 0 fully saturated rings. The van der Waals surface area contributed by atoms with Gasteiger partial charge in [-0.05, 0) is 37.1 Å². The van der Waals surface area contributed by atoms with Gasteiger partial charge in [-0.2, -0.15) is 0 Å². The molecule has 1 aromatic rings. The second-order valence-corrected chi connectivity index (χ2v) is 5.95. The van der Waals surface area contributed by atoms with Crippen molar-refractivity contribution in [1.29, 1.82) is 0 Å². The Labute approximate surface area is 126 Å². The number of hydrogen-bond donors (Lipinski definition) is 0. The highest BCUT2D eigenvalue weighted by Gasteiger charge is 2.15. The Morgan fingerprint density at radius 1 is 1.33 bits per heavy atom. The van der Waals surface area contributed by atoms with E-state index in [1.165, 1.54) is 0 Å². The standard InChI is InChI=1S/C14H19Br2NO/c1-3-4-8-17(9-7-15)14(18)12-5-6-13(16)11(2)10-12/h5-6,10H,3-4,7-9H2,1-2H3. The van der Waals surface area contributed by atoms with Crippen molar-refractivity contribution < 1.29 is 4.79 Å². The quantitative estimate of drug-likeness (QED) is 0.674. The van der Waals surface area contributed by atoms with Crippen LogP contribution in [0.15, 0.2) is 22.7 Å². The first-order valence-corrected chi connectivity index (χ1v) is 8.13. The van der Waals surface area contributed by atoms with Crippen LogP contribution in [-0.2, 0) is 0 Å². The van der Waals surface area contributed by atoms with Crippen LogP contribution in [0, 0.1) is 6.92 Å². The van der Waals surface area contributed by atoms with Crippen molar-refractivity contribution in [3.63, 3.8) is 0 Å². The lowest BCUT2D eigenvalue weighted by Gasteiger charge is -2.22. The summed E-state index contributed by atoms with van der Waals surface area (Å²) in [5.74, 6) is 0.124. The largest absolute Gasteiger partial charge is 0.338 e. The Kier molecular flexibility index (Phi) is 6.94. The molecule has 0 unspecified atom stereocenters. The van der Waals surface area contributed by atoms with E-state index in [0.29, 0.717) is 0 Å². The molecule has 100 valence electrons. The van der Waals surface area contributed by atoms with Crippen LogP contribution in [0.4, 0.5) is 0 Å². The normalized spacial score (nSPS) is 10.4. The fourth-order valence-electron chi connectivity index (χ4n) is 1.73. The average molecular weight is 377 g/mol. The van der Waals surface area contributed by atoms with Crippen molar-refractivity contribution in [2.24, 2.45) is 0 Å². The highest BCUT2D eigenvalue weighted by molar-refractivity contribution is 9.10. The van der Waals surface area contributed by atoms with Crippen LogP contribution in [0.5, 0.6) is 0 Å². The second-order valence-electron chi connectivity index (χ2n) is 4.30. The fraction of sp³-hybridized carbons (Fsp3) is 0.500. The lowest BCUT2D eigenvalue weighted by molar-refractivity contribution is 0.0764. The SMILES string of the molecule is CCCCN(CCBr)C(=O)c1ccc(Br)c(C)c1. The summed E-state index contributed by atoms with van der Waals surface area (Å²) >= 11 is 6.86. The van der Waals surface area contributed by atoms with E-state index < -0.39 is 0 Å². The van der Waals surface area contributed by atoms with Gasteiger partial charge in [-0.3, -0.25) is 4.79 Å². The monoisotopic (exact) mass is 375 g/mol. The van der Waals surface area contributed by atoms with E-state index in [-0.39, 0.29) is 5.91 Å². The van der Waals surface area contributed by atoms with E-state index in [0.717, 1.165) is 46.9 Å². The Bertz CT molecular complexity index is 407. The van der Waals surface area contributed by atoms with Crippen LogP contribution < -0.4 is 0 Å². The molecule has 1 aromatic carbocycles. The first-order chi connectivity index (χ1) is 8.60. The summed E-state index contributed by atoms with van der Waals surface area (Å²) in [5.41, 5.74) is 1.86. The van der Waals surface area contributed by atoms with Gasteiger partial charge in [-0.1, -0.05) is 45.2 Å². The molecule has 0 radical (unpaired) electrons. The smallest absolute Gasteiger partial charge is 0.253 e. The molecule has 2 nitrogen and oxygen atoms in total. The molecule has 18 heavy (non-hydrogen) atoms. The molecule has 0 heterocycles. The molecule has 0 aromatic heterocycles. The van der Waals surface area contributed by atoms with Gasteiger partial charge in [0.15, 0.2) is 0 Å². The lowest BCUT2D eigenvalue weighted by Crippen LogP contribution is -2.33. The summed E-state index contributed by atoms with van der Waals surface area (Å²) < 4.78 is 1.04. The molecule has 0 bridgehead atoms. The molecule has 0 spiro atoms. The van der Waals surface area contributed by atoms with E-state index in [2.05, 4.69) is 38.8 Å². The third-order valence-electron chi connectivity index (χ3n) is 2.83. The molecule has 0 N–H and O–H groups in total. The van der Waals surface area contributed by atoms with Crippen LogP contribution in [0.3, 0.4) is 0 Å². The maximum atomic E-state index is 12.4. The van der Waals surface area contributed by atoms with Crippen molar-refractivity contribution in [1.82, 2.24) is 4.90 Å². The van der Waals surface area contributed by atoms with Gasteiger partial charge < -0.3 is 4.90 Å². The van der Waals surface area contributed by atoms with Gasteiger partial charge in [-0.15, -0.1) is 0 Å². The zero-order chi connectivity index (χ0) is 13.5. The minimum atomic E-state index is 0.124. The highest BCUT2D eigenvalue weighted by Crippen LogP contribution is 2.18. The summed E-state index contributed by atoms with van der Waals surface area (Å²) in [6, 6.07) is 5.76. The van der Waals surface area contributed by atoms with Crippen LogP contribution in [0.25, 0.3) is 0 Å².